The van der Waals surface area contributed by atoms with Crippen LogP contribution in [0.5, 0.6) is 0 Å². The zero-order valence-corrected chi connectivity index (χ0v) is 9.50. The van der Waals surface area contributed by atoms with Crippen molar-refractivity contribution in [2.75, 3.05) is 24.6 Å². The summed E-state index contributed by atoms with van der Waals surface area (Å²) >= 11 is 0. The monoisotopic (exact) mass is 251 g/mol. The van der Waals surface area contributed by atoms with Gasteiger partial charge in [0.2, 0.25) is 0 Å². The Bertz CT molecular complexity index is 621. The molecule has 1 saturated heterocycles. The number of H-pyrrole nitrogens is 2. The van der Waals surface area contributed by atoms with Gasteiger partial charge in [-0.2, -0.15) is 5.10 Å². The number of nitrogens with one attached hydrogen (secondary N) is 2. The SMILES string of the molecule is O=c1[nH]cnc2c(N3C[C@H](CO)[C@@H](O)C3)n[nH]c12. The summed E-state index contributed by atoms with van der Waals surface area (Å²) in [7, 11) is 0. The van der Waals surface area contributed by atoms with E-state index in [0.717, 1.165) is 0 Å². The molecule has 2 aromatic heterocycles. The van der Waals surface area contributed by atoms with Crippen molar-refractivity contribution in [1.29, 1.82) is 0 Å². The van der Waals surface area contributed by atoms with Crippen LogP contribution in [0.3, 0.4) is 0 Å². The molecule has 4 N–H and O–H groups in total. The molecule has 96 valence electrons. The molecule has 0 spiro atoms. The lowest BCUT2D eigenvalue weighted by molar-refractivity contribution is 0.104. The lowest BCUT2D eigenvalue weighted by Gasteiger charge is -2.14. The van der Waals surface area contributed by atoms with Crippen molar-refractivity contribution in [3.8, 4) is 0 Å². The van der Waals surface area contributed by atoms with E-state index in [0.29, 0.717) is 29.9 Å². The van der Waals surface area contributed by atoms with Crippen LogP contribution in [0.25, 0.3) is 11.0 Å². The number of fused-ring (bicyclic) bond motifs is 1. The summed E-state index contributed by atoms with van der Waals surface area (Å²) in [5, 5.41) is 25.6. The number of hydrogen-bond donors (Lipinski definition) is 4. The van der Waals surface area contributed by atoms with E-state index in [4.69, 9.17) is 5.11 Å². The number of hydrogen-bond acceptors (Lipinski definition) is 6. The number of aromatic nitrogens is 4. The standard InChI is InChI=1S/C10H13N5O3/c16-3-5-1-15(2-6(5)17)9-7-8(13-14-9)10(18)12-4-11-7/h4-6,16-17H,1-3H2,(H,13,14)(H,11,12,18)/t5-,6+/m1/s1. The predicted molar refractivity (Wildman–Crippen MR) is 63.3 cm³/mol. The van der Waals surface area contributed by atoms with Gasteiger partial charge in [0, 0.05) is 19.0 Å². The zero-order chi connectivity index (χ0) is 12.7. The van der Waals surface area contributed by atoms with Crippen LogP contribution in [0.4, 0.5) is 5.82 Å². The average molecular weight is 251 g/mol. The van der Waals surface area contributed by atoms with Crippen LogP contribution in [-0.4, -0.2) is 56.2 Å². The second-order valence-corrected chi connectivity index (χ2v) is 4.42. The molecule has 18 heavy (non-hydrogen) atoms. The van der Waals surface area contributed by atoms with E-state index in [1.54, 1.807) is 0 Å². The van der Waals surface area contributed by atoms with Crippen molar-refractivity contribution < 1.29 is 10.2 Å². The second-order valence-electron chi connectivity index (χ2n) is 4.42. The molecule has 3 rings (SSSR count). The molecule has 3 heterocycles. The smallest absolute Gasteiger partial charge is 0.276 e. The van der Waals surface area contributed by atoms with Gasteiger partial charge in [-0.1, -0.05) is 0 Å². The average Bonchev–Trinajstić information content (AvgIpc) is 2.93. The number of anilines is 1. The molecule has 0 aliphatic carbocycles. The maximum Gasteiger partial charge on any atom is 0.276 e. The number of nitrogens with zero attached hydrogens (tertiary/aromatic N) is 3. The van der Waals surface area contributed by atoms with E-state index in [9.17, 15) is 9.90 Å². The molecule has 0 unspecified atom stereocenters. The zero-order valence-electron chi connectivity index (χ0n) is 9.50. The summed E-state index contributed by atoms with van der Waals surface area (Å²) in [6.07, 6.45) is 0.725. The summed E-state index contributed by atoms with van der Waals surface area (Å²) in [6, 6.07) is 0. The number of aliphatic hydroxyl groups excluding tert-OH is 2. The molecular weight excluding hydrogens is 238 g/mol. The lowest BCUT2D eigenvalue weighted by Crippen LogP contribution is -2.22. The lowest BCUT2D eigenvalue weighted by atomic mass is 10.1. The highest BCUT2D eigenvalue weighted by Gasteiger charge is 2.33. The van der Waals surface area contributed by atoms with E-state index >= 15 is 0 Å². The van der Waals surface area contributed by atoms with Gasteiger partial charge in [0.15, 0.2) is 11.3 Å². The Hall–Kier alpha value is -1.93. The van der Waals surface area contributed by atoms with E-state index in [1.165, 1.54) is 6.33 Å². The van der Waals surface area contributed by atoms with Crippen LogP contribution in [-0.2, 0) is 0 Å². The van der Waals surface area contributed by atoms with Gasteiger partial charge in [-0.25, -0.2) is 4.98 Å². The maximum absolute atomic E-state index is 11.5. The minimum absolute atomic E-state index is 0.0754. The molecule has 2 atom stereocenters. The fourth-order valence-electron chi connectivity index (χ4n) is 2.26. The normalized spacial score (nSPS) is 24.0. The van der Waals surface area contributed by atoms with Crippen LogP contribution in [0.1, 0.15) is 0 Å². The Balaban J connectivity index is 2.01. The molecule has 1 aliphatic rings. The van der Waals surface area contributed by atoms with Crippen LogP contribution in [0.15, 0.2) is 11.1 Å². The van der Waals surface area contributed by atoms with Gasteiger partial charge in [0.1, 0.15) is 5.52 Å². The molecule has 0 bridgehead atoms. The van der Waals surface area contributed by atoms with E-state index in [1.807, 2.05) is 4.90 Å². The van der Waals surface area contributed by atoms with E-state index in [2.05, 4.69) is 20.2 Å². The van der Waals surface area contributed by atoms with Crippen molar-refractivity contribution in [2.45, 2.75) is 6.10 Å². The van der Waals surface area contributed by atoms with Gasteiger partial charge >= 0.3 is 0 Å². The fraction of sp³-hybridized carbons (Fsp3) is 0.500. The summed E-state index contributed by atoms with van der Waals surface area (Å²) < 4.78 is 0. The minimum atomic E-state index is -0.594. The van der Waals surface area contributed by atoms with Crippen molar-refractivity contribution in [3.63, 3.8) is 0 Å². The topological polar surface area (TPSA) is 118 Å². The number of aliphatic hydroxyl groups is 2. The Labute approximate surface area is 101 Å². The second kappa shape index (κ2) is 4.07. The third kappa shape index (κ3) is 1.57. The summed E-state index contributed by atoms with van der Waals surface area (Å²) in [5.41, 5.74) is 0.510. The fourth-order valence-corrected chi connectivity index (χ4v) is 2.26. The Morgan fingerprint density at radius 1 is 1.50 bits per heavy atom. The molecule has 8 nitrogen and oxygen atoms in total. The third-order valence-electron chi connectivity index (χ3n) is 3.28. The first-order valence-electron chi connectivity index (χ1n) is 5.66. The number of β-amino-alcohol motifs (C(OH)–C–C–N with tert-alkyl or cyclic N) is 1. The molecule has 0 saturated carbocycles. The van der Waals surface area contributed by atoms with Gasteiger partial charge in [-0.05, 0) is 0 Å². The third-order valence-corrected chi connectivity index (χ3v) is 3.28. The number of aromatic amines is 2. The molecule has 2 aromatic rings. The van der Waals surface area contributed by atoms with Gasteiger partial charge in [0.05, 0.1) is 19.0 Å². The first kappa shape index (κ1) is 11.2. The molecule has 1 fully saturated rings. The molecule has 0 amide bonds. The Morgan fingerprint density at radius 3 is 3.06 bits per heavy atom. The van der Waals surface area contributed by atoms with Gasteiger partial charge < -0.3 is 20.1 Å². The van der Waals surface area contributed by atoms with Gasteiger partial charge in [0.25, 0.3) is 5.56 Å². The molecule has 1 aliphatic heterocycles. The van der Waals surface area contributed by atoms with Gasteiger partial charge in [-0.15, -0.1) is 0 Å². The Kier molecular flexibility index (Phi) is 2.53. The summed E-state index contributed by atoms with van der Waals surface area (Å²) in [4.78, 5) is 19.9. The van der Waals surface area contributed by atoms with E-state index < -0.39 is 6.10 Å². The molecule has 0 radical (unpaired) electrons. The highest BCUT2D eigenvalue weighted by atomic mass is 16.3. The van der Waals surface area contributed by atoms with Crippen molar-refractivity contribution in [2.24, 2.45) is 5.92 Å². The number of rotatable bonds is 2. The van der Waals surface area contributed by atoms with Crippen molar-refractivity contribution in [1.82, 2.24) is 20.2 Å². The highest BCUT2D eigenvalue weighted by Crippen LogP contribution is 2.26. The quantitative estimate of drug-likeness (QED) is 0.512. The van der Waals surface area contributed by atoms with E-state index in [-0.39, 0.29) is 18.1 Å². The minimum Gasteiger partial charge on any atom is -0.396 e. The highest BCUT2D eigenvalue weighted by molar-refractivity contribution is 5.85. The first-order valence-corrected chi connectivity index (χ1v) is 5.66. The largest absolute Gasteiger partial charge is 0.396 e. The van der Waals surface area contributed by atoms with Crippen LogP contribution in [0.2, 0.25) is 0 Å². The predicted octanol–water partition coefficient (Wildman–Crippen LogP) is -1.56. The van der Waals surface area contributed by atoms with Gasteiger partial charge in [-0.3, -0.25) is 9.89 Å². The summed E-state index contributed by atoms with van der Waals surface area (Å²) in [6.45, 7) is 0.791. The van der Waals surface area contributed by atoms with Crippen molar-refractivity contribution >= 4 is 16.9 Å². The Morgan fingerprint density at radius 2 is 2.33 bits per heavy atom. The molecular formula is C10H13N5O3. The van der Waals surface area contributed by atoms with Crippen molar-refractivity contribution in [3.05, 3.63) is 16.7 Å². The van der Waals surface area contributed by atoms with Crippen LogP contribution < -0.4 is 10.5 Å². The van der Waals surface area contributed by atoms with Crippen LogP contribution in [0, 0.1) is 5.92 Å². The maximum atomic E-state index is 11.5. The molecule has 8 heteroatoms. The summed E-state index contributed by atoms with van der Waals surface area (Å²) in [5.74, 6) is 0.338. The van der Waals surface area contributed by atoms with Crippen LogP contribution >= 0.6 is 0 Å². The molecule has 0 aromatic carbocycles. The first-order chi connectivity index (χ1) is 8.70.